The number of carbonyl (C=O) groups is 6. The summed E-state index contributed by atoms with van der Waals surface area (Å²) >= 11 is 0. The average molecular weight is 416 g/mol. The van der Waals surface area contributed by atoms with Crippen LogP contribution in [0.15, 0.2) is 0 Å². The monoisotopic (exact) mass is 416 g/mol. The first-order valence-corrected chi connectivity index (χ1v) is 8.81. The Balaban J connectivity index is 5.00. The number of nitrogens with two attached hydrogens (primary N) is 3. The van der Waals surface area contributed by atoms with E-state index >= 15 is 0 Å². The van der Waals surface area contributed by atoms with Gasteiger partial charge in [0.05, 0.1) is 6.04 Å². The van der Waals surface area contributed by atoms with Crippen LogP contribution in [0.2, 0.25) is 0 Å². The number of aliphatic carboxylic acids is 1. The van der Waals surface area contributed by atoms with Crippen molar-refractivity contribution in [2.24, 2.45) is 17.2 Å². The van der Waals surface area contributed by atoms with Gasteiger partial charge >= 0.3 is 5.97 Å². The van der Waals surface area contributed by atoms with Crippen LogP contribution in [-0.4, -0.2) is 64.8 Å². The summed E-state index contributed by atoms with van der Waals surface area (Å²) in [6.07, 6.45) is -0.796. The van der Waals surface area contributed by atoms with E-state index in [-0.39, 0.29) is 25.7 Å². The molecule has 0 rings (SSSR count). The van der Waals surface area contributed by atoms with Gasteiger partial charge in [-0.1, -0.05) is 0 Å². The van der Waals surface area contributed by atoms with E-state index in [4.69, 9.17) is 22.3 Å². The summed E-state index contributed by atoms with van der Waals surface area (Å²) in [7, 11) is 0. The standard InChI is InChI=1S/C16H28N6O7/c1-7(17)13(25)21-9(3-5-11(18)23)15(27)20-8(2)14(26)22-10(16(28)29)4-6-12(19)24/h7-10H,3-6,17H2,1-2H3,(H2,18,23)(H2,19,24)(H,20,27)(H,21,25)(H,22,26)(H,28,29). The van der Waals surface area contributed by atoms with E-state index in [0.29, 0.717) is 0 Å². The summed E-state index contributed by atoms with van der Waals surface area (Å²) in [5, 5.41) is 15.9. The highest BCUT2D eigenvalue weighted by Crippen LogP contribution is 2.01. The molecule has 0 fully saturated rings. The van der Waals surface area contributed by atoms with Crippen LogP contribution in [0.3, 0.4) is 0 Å². The van der Waals surface area contributed by atoms with Crippen LogP contribution >= 0.6 is 0 Å². The number of carboxylic acid groups (broad SMARTS) is 1. The van der Waals surface area contributed by atoms with Crippen LogP contribution < -0.4 is 33.2 Å². The molecule has 0 heterocycles. The molecule has 0 saturated heterocycles. The van der Waals surface area contributed by atoms with Crippen molar-refractivity contribution in [3.05, 3.63) is 0 Å². The molecule has 4 atom stereocenters. The van der Waals surface area contributed by atoms with E-state index in [2.05, 4.69) is 16.0 Å². The molecule has 0 radical (unpaired) electrons. The molecule has 164 valence electrons. The Morgan fingerprint density at radius 3 is 1.62 bits per heavy atom. The molecule has 0 aliphatic heterocycles. The minimum Gasteiger partial charge on any atom is -0.480 e. The number of amides is 5. The predicted molar refractivity (Wildman–Crippen MR) is 99.6 cm³/mol. The summed E-state index contributed by atoms with van der Waals surface area (Å²) in [4.78, 5) is 69.3. The molecular weight excluding hydrogens is 388 g/mol. The van der Waals surface area contributed by atoms with Crippen molar-refractivity contribution in [2.45, 2.75) is 63.7 Å². The van der Waals surface area contributed by atoms with Crippen molar-refractivity contribution in [1.82, 2.24) is 16.0 Å². The second-order valence-electron chi connectivity index (χ2n) is 6.49. The summed E-state index contributed by atoms with van der Waals surface area (Å²) in [5.74, 6) is -5.06. The molecule has 4 unspecified atom stereocenters. The topological polar surface area (TPSA) is 237 Å². The summed E-state index contributed by atoms with van der Waals surface area (Å²) in [6.45, 7) is 2.69. The molecule has 5 amide bonds. The average Bonchev–Trinajstić information content (AvgIpc) is 2.60. The normalized spacial score (nSPS) is 14.6. The van der Waals surface area contributed by atoms with Gasteiger partial charge in [0.25, 0.3) is 0 Å². The van der Waals surface area contributed by atoms with Crippen LogP contribution in [0.5, 0.6) is 0 Å². The second-order valence-corrected chi connectivity index (χ2v) is 6.49. The Bertz CT molecular complexity index is 652. The third-order valence-corrected chi connectivity index (χ3v) is 3.77. The number of carboxylic acids is 1. The fourth-order valence-corrected chi connectivity index (χ4v) is 2.08. The highest BCUT2D eigenvalue weighted by molar-refractivity contribution is 5.94. The van der Waals surface area contributed by atoms with Gasteiger partial charge in [-0.3, -0.25) is 24.0 Å². The van der Waals surface area contributed by atoms with Gasteiger partial charge in [0.2, 0.25) is 29.5 Å². The summed E-state index contributed by atoms with van der Waals surface area (Å²) in [5.41, 5.74) is 15.5. The smallest absolute Gasteiger partial charge is 0.326 e. The zero-order valence-electron chi connectivity index (χ0n) is 16.3. The van der Waals surface area contributed by atoms with Crippen molar-refractivity contribution in [1.29, 1.82) is 0 Å². The molecular formula is C16H28N6O7. The third-order valence-electron chi connectivity index (χ3n) is 3.77. The number of hydrogen-bond acceptors (Lipinski definition) is 7. The third kappa shape index (κ3) is 10.6. The molecule has 0 saturated carbocycles. The van der Waals surface area contributed by atoms with E-state index in [1.165, 1.54) is 13.8 Å². The SMILES string of the molecule is CC(N)C(=O)NC(CCC(N)=O)C(=O)NC(C)C(=O)NC(CCC(N)=O)C(=O)O. The Kier molecular flexibility index (Phi) is 10.9. The molecule has 0 aromatic heterocycles. The second kappa shape index (κ2) is 12.3. The molecule has 0 aliphatic carbocycles. The fraction of sp³-hybridized carbons (Fsp3) is 0.625. The summed E-state index contributed by atoms with van der Waals surface area (Å²) in [6, 6.07) is -4.65. The lowest BCUT2D eigenvalue weighted by atomic mass is 10.1. The zero-order valence-corrected chi connectivity index (χ0v) is 16.3. The van der Waals surface area contributed by atoms with E-state index in [1.807, 2.05) is 0 Å². The maximum atomic E-state index is 12.4. The van der Waals surface area contributed by atoms with Gasteiger partial charge in [-0.05, 0) is 26.7 Å². The highest BCUT2D eigenvalue weighted by Gasteiger charge is 2.28. The molecule has 29 heavy (non-hydrogen) atoms. The quantitative estimate of drug-likeness (QED) is 0.158. The van der Waals surface area contributed by atoms with Crippen molar-refractivity contribution in [3.8, 4) is 0 Å². The molecule has 0 aromatic carbocycles. The van der Waals surface area contributed by atoms with Crippen LogP contribution in [0.1, 0.15) is 39.5 Å². The summed E-state index contributed by atoms with van der Waals surface area (Å²) < 4.78 is 0. The molecule has 0 aliphatic rings. The van der Waals surface area contributed by atoms with Gasteiger partial charge in [-0.15, -0.1) is 0 Å². The van der Waals surface area contributed by atoms with Crippen molar-refractivity contribution in [3.63, 3.8) is 0 Å². The van der Waals surface area contributed by atoms with Crippen LogP contribution in [0.4, 0.5) is 0 Å². The molecule has 10 N–H and O–H groups in total. The highest BCUT2D eigenvalue weighted by atomic mass is 16.4. The minimum absolute atomic E-state index is 0.121. The maximum Gasteiger partial charge on any atom is 0.326 e. The number of carbonyl (C=O) groups excluding carboxylic acids is 5. The van der Waals surface area contributed by atoms with E-state index in [9.17, 15) is 28.8 Å². The molecule has 0 spiro atoms. The Morgan fingerprint density at radius 2 is 1.21 bits per heavy atom. The first-order valence-electron chi connectivity index (χ1n) is 8.81. The van der Waals surface area contributed by atoms with Gasteiger partial charge < -0.3 is 38.3 Å². The molecule has 0 bridgehead atoms. The Hall–Kier alpha value is -3.22. The Labute approximate surface area is 167 Å². The van der Waals surface area contributed by atoms with Crippen molar-refractivity contribution < 1.29 is 33.9 Å². The van der Waals surface area contributed by atoms with Gasteiger partial charge in [0.1, 0.15) is 18.1 Å². The van der Waals surface area contributed by atoms with Gasteiger partial charge in [0.15, 0.2) is 0 Å². The predicted octanol–water partition coefficient (Wildman–Crippen LogP) is -3.58. The van der Waals surface area contributed by atoms with Crippen molar-refractivity contribution >= 4 is 35.5 Å². The minimum atomic E-state index is -1.38. The van der Waals surface area contributed by atoms with E-state index in [0.717, 1.165) is 0 Å². The number of rotatable bonds is 13. The number of nitrogens with one attached hydrogen (secondary N) is 3. The molecule has 0 aromatic rings. The van der Waals surface area contributed by atoms with Crippen molar-refractivity contribution in [2.75, 3.05) is 0 Å². The van der Waals surface area contributed by atoms with Crippen LogP contribution in [0.25, 0.3) is 0 Å². The van der Waals surface area contributed by atoms with Gasteiger partial charge in [-0.25, -0.2) is 4.79 Å². The molecule has 13 nitrogen and oxygen atoms in total. The zero-order chi connectivity index (χ0) is 22.7. The maximum absolute atomic E-state index is 12.4. The van der Waals surface area contributed by atoms with Gasteiger partial charge in [-0.2, -0.15) is 0 Å². The number of primary amides is 2. The fourth-order valence-electron chi connectivity index (χ4n) is 2.08. The van der Waals surface area contributed by atoms with E-state index in [1.54, 1.807) is 0 Å². The number of hydrogen-bond donors (Lipinski definition) is 7. The lowest BCUT2D eigenvalue weighted by Crippen LogP contribution is -2.56. The lowest BCUT2D eigenvalue weighted by Gasteiger charge is -2.22. The first-order chi connectivity index (χ1) is 13.3. The Morgan fingerprint density at radius 1 is 0.759 bits per heavy atom. The largest absolute Gasteiger partial charge is 0.480 e. The van der Waals surface area contributed by atoms with Crippen LogP contribution in [0, 0.1) is 0 Å². The van der Waals surface area contributed by atoms with Crippen LogP contribution in [-0.2, 0) is 28.8 Å². The lowest BCUT2D eigenvalue weighted by molar-refractivity contribution is -0.142. The van der Waals surface area contributed by atoms with E-state index < -0.39 is 59.7 Å². The molecule has 13 heteroatoms. The first kappa shape index (κ1) is 25.8. The van der Waals surface area contributed by atoms with Gasteiger partial charge in [0, 0.05) is 12.8 Å².